The van der Waals surface area contributed by atoms with Gasteiger partial charge in [0.1, 0.15) is 0 Å². The van der Waals surface area contributed by atoms with Crippen LogP contribution in [0.2, 0.25) is 0 Å². The van der Waals surface area contributed by atoms with Crippen LogP contribution in [0.25, 0.3) is 0 Å². The summed E-state index contributed by atoms with van der Waals surface area (Å²) in [7, 11) is 0. The molecule has 0 spiro atoms. The molecule has 1 aliphatic rings. The van der Waals surface area contributed by atoms with Crippen molar-refractivity contribution in [2.75, 3.05) is 13.2 Å². The van der Waals surface area contributed by atoms with Crippen molar-refractivity contribution >= 4 is 11.3 Å². The van der Waals surface area contributed by atoms with Gasteiger partial charge in [-0.3, -0.25) is 4.90 Å². The van der Waals surface area contributed by atoms with Crippen LogP contribution in [0.1, 0.15) is 31.5 Å². The maximum Gasteiger partial charge on any atom is 0.0926 e. The molecule has 0 amide bonds. The van der Waals surface area contributed by atoms with Crippen LogP contribution >= 0.6 is 11.3 Å². The van der Waals surface area contributed by atoms with Crippen LogP contribution in [0.5, 0.6) is 0 Å². The molecule has 1 fully saturated rings. The fraction of sp³-hybridized carbons (Fsp3) is 0.750. The molecule has 0 bridgehead atoms. The fourth-order valence-corrected chi connectivity index (χ4v) is 2.72. The van der Waals surface area contributed by atoms with Crippen LogP contribution in [-0.2, 0) is 17.7 Å². The summed E-state index contributed by atoms with van der Waals surface area (Å²) in [5.74, 6) is 0. The number of rotatable bonds is 3. The third kappa shape index (κ3) is 2.81. The first-order valence-electron chi connectivity index (χ1n) is 5.98. The van der Waals surface area contributed by atoms with E-state index in [2.05, 4.69) is 36.0 Å². The van der Waals surface area contributed by atoms with E-state index < -0.39 is 0 Å². The quantitative estimate of drug-likeness (QED) is 0.810. The number of hydrogen-bond donors (Lipinski definition) is 0. The summed E-state index contributed by atoms with van der Waals surface area (Å²) in [6.45, 7) is 9.33. The Hall–Kier alpha value is -0.450. The standard InChI is InChI=1S/C12H20N2OS/c1-4-12-13-11(8-16-12)6-14-5-10(3)15-7-9(14)2/h8-10H,4-7H2,1-3H3. The van der Waals surface area contributed by atoms with Gasteiger partial charge in [-0.25, -0.2) is 4.98 Å². The van der Waals surface area contributed by atoms with Crippen molar-refractivity contribution in [3.63, 3.8) is 0 Å². The topological polar surface area (TPSA) is 25.4 Å². The van der Waals surface area contributed by atoms with Gasteiger partial charge < -0.3 is 4.74 Å². The van der Waals surface area contributed by atoms with Crippen LogP contribution in [0.15, 0.2) is 5.38 Å². The predicted octanol–water partition coefficient (Wildman–Crippen LogP) is 2.31. The van der Waals surface area contributed by atoms with Crippen LogP contribution in [0.4, 0.5) is 0 Å². The molecule has 2 atom stereocenters. The number of aromatic nitrogens is 1. The second kappa shape index (κ2) is 5.25. The van der Waals surface area contributed by atoms with Crippen LogP contribution < -0.4 is 0 Å². The van der Waals surface area contributed by atoms with Crippen LogP contribution in [0, 0.1) is 0 Å². The molecular formula is C12H20N2OS. The second-order valence-electron chi connectivity index (χ2n) is 4.51. The number of ether oxygens (including phenoxy) is 1. The molecular weight excluding hydrogens is 220 g/mol. The molecule has 2 rings (SSSR count). The Bertz CT molecular complexity index is 340. The van der Waals surface area contributed by atoms with E-state index in [9.17, 15) is 0 Å². The van der Waals surface area contributed by atoms with E-state index in [4.69, 9.17) is 4.74 Å². The second-order valence-corrected chi connectivity index (χ2v) is 5.45. The van der Waals surface area contributed by atoms with E-state index in [-0.39, 0.29) is 0 Å². The van der Waals surface area contributed by atoms with Crippen molar-refractivity contribution in [3.8, 4) is 0 Å². The first-order valence-corrected chi connectivity index (χ1v) is 6.86. The summed E-state index contributed by atoms with van der Waals surface area (Å²) >= 11 is 1.77. The minimum Gasteiger partial charge on any atom is -0.376 e. The lowest BCUT2D eigenvalue weighted by Gasteiger charge is -2.36. The SMILES string of the molecule is CCc1nc(CN2CC(C)OCC2C)cs1. The highest BCUT2D eigenvalue weighted by Gasteiger charge is 2.23. The molecule has 1 saturated heterocycles. The van der Waals surface area contributed by atoms with Gasteiger partial charge in [0.15, 0.2) is 0 Å². The van der Waals surface area contributed by atoms with Crippen molar-refractivity contribution in [2.45, 2.75) is 45.9 Å². The average Bonchev–Trinajstić information content (AvgIpc) is 2.71. The Balaban J connectivity index is 1.97. The fourth-order valence-electron chi connectivity index (χ4n) is 1.98. The van der Waals surface area contributed by atoms with Crippen molar-refractivity contribution in [1.29, 1.82) is 0 Å². The average molecular weight is 240 g/mol. The lowest BCUT2D eigenvalue weighted by Crippen LogP contribution is -2.46. The number of hydrogen-bond acceptors (Lipinski definition) is 4. The molecule has 0 N–H and O–H groups in total. The van der Waals surface area contributed by atoms with E-state index in [0.29, 0.717) is 12.1 Å². The summed E-state index contributed by atoms with van der Waals surface area (Å²) < 4.78 is 5.62. The summed E-state index contributed by atoms with van der Waals surface area (Å²) in [5.41, 5.74) is 1.21. The molecule has 2 unspecified atom stereocenters. The highest BCUT2D eigenvalue weighted by molar-refractivity contribution is 7.09. The molecule has 4 heteroatoms. The number of aryl methyl sites for hydroxylation is 1. The van der Waals surface area contributed by atoms with E-state index in [1.165, 1.54) is 10.7 Å². The van der Waals surface area contributed by atoms with Gasteiger partial charge >= 0.3 is 0 Å². The van der Waals surface area contributed by atoms with Gasteiger partial charge in [0.25, 0.3) is 0 Å². The monoisotopic (exact) mass is 240 g/mol. The van der Waals surface area contributed by atoms with Gasteiger partial charge in [0.05, 0.1) is 23.4 Å². The normalized spacial score (nSPS) is 27.2. The number of morpholine rings is 1. The van der Waals surface area contributed by atoms with Gasteiger partial charge in [0, 0.05) is 24.5 Å². The zero-order valence-corrected chi connectivity index (χ0v) is 11.1. The van der Waals surface area contributed by atoms with E-state index in [1.807, 2.05) is 0 Å². The molecule has 1 aliphatic heterocycles. The lowest BCUT2D eigenvalue weighted by atomic mass is 10.2. The summed E-state index contributed by atoms with van der Waals surface area (Å²) in [5, 5.41) is 3.43. The molecule has 3 nitrogen and oxygen atoms in total. The molecule has 0 saturated carbocycles. The predicted molar refractivity (Wildman–Crippen MR) is 66.8 cm³/mol. The van der Waals surface area contributed by atoms with Crippen molar-refractivity contribution in [2.24, 2.45) is 0 Å². The molecule has 1 aromatic heterocycles. The Morgan fingerprint density at radius 1 is 1.56 bits per heavy atom. The third-order valence-corrected chi connectivity index (χ3v) is 4.05. The minimum atomic E-state index is 0.348. The molecule has 16 heavy (non-hydrogen) atoms. The highest BCUT2D eigenvalue weighted by atomic mass is 32.1. The number of nitrogens with zero attached hydrogens (tertiary/aromatic N) is 2. The maximum absolute atomic E-state index is 5.62. The largest absolute Gasteiger partial charge is 0.376 e. The highest BCUT2D eigenvalue weighted by Crippen LogP contribution is 2.17. The Morgan fingerprint density at radius 3 is 3.06 bits per heavy atom. The van der Waals surface area contributed by atoms with E-state index in [1.54, 1.807) is 11.3 Å². The molecule has 0 radical (unpaired) electrons. The van der Waals surface area contributed by atoms with Gasteiger partial charge in [-0.2, -0.15) is 0 Å². The minimum absolute atomic E-state index is 0.348. The zero-order valence-electron chi connectivity index (χ0n) is 10.3. The van der Waals surface area contributed by atoms with Gasteiger partial charge in [-0.05, 0) is 20.3 Å². The van der Waals surface area contributed by atoms with Gasteiger partial charge in [-0.1, -0.05) is 6.92 Å². The molecule has 0 aliphatic carbocycles. The van der Waals surface area contributed by atoms with Crippen LogP contribution in [0.3, 0.4) is 0 Å². The van der Waals surface area contributed by atoms with Crippen molar-refractivity contribution in [1.82, 2.24) is 9.88 Å². The smallest absolute Gasteiger partial charge is 0.0926 e. The summed E-state index contributed by atoms with van der Waals surface area (Å²) in [6, 6.07) is 0.503. The Labute approximate surface area is 101 Å². The molecule has 1 aromatic rings. The van der Waals surface area contributed by atoms with Crippen LogP contribution in [-0.4, -0.2) is 35.2 Å². The Morgan fingerprint density at radius 2 is 2.38 bits per heavy atom. The lowest BCUT2D eigenvalue weighted by molar-refractivity contribution is -0.0530. The first-order chi connectivity index (χ1) is 7.69. The van der Waals surface area contributed by atoms with Gasteiger partial charge in [0.2, 0.25) is 0 Å². The van der Waals surface area contributed by atoms with Crippen molar-refractivity contribution < 1.29 is 4.74 Å². The van der Waals surface area contributed by atoms with E-state index in [0.717, 1.165) is 26.1 Å². The molecule has 0 aromatic carbocycles. The zero-order chi connectivity index (χ0) is 11.5. The van der Waals surface area contributed by atoms with Gasteiger partial charge in [-0.15, -0.1) is 11.3 Å². The molecule has 90 valence electrons. The van der Waals surface area contributed by atoms with Crippen molar-refractivity contribution in [3.05, 3.63) is 16.1 Å². The summed E-state index contributed by atoms with van der Waals surface area (Å²) in [4.78, 5) is 7.08. The Kier molecular flexibility index (Phi) is 3.95. The first kappa shape index (κ1) is 12.0. The maximum atomic E-state index is 5.62. The number of thiazole rings is 1. The third-order valence-electron chi connectivity index (χ3n) is 3.00. The molecule has 2 heterocycles. The van der Waals surface area contributed by atoms with E-state index >= 15 is 0 Å². The summed E-state index contributed by atoms with van der Waals surface area (Å²) in [6.07, 6.45) is 1.39.